The van der Waals surface area contributed by atoms with Crippen molar-refractivity contribution in [3.05, 3.63) is 29.3 Å². The van der Waals surface area contributed by atoms with Gasteiger partial charge in [-0.05, 0) is 18.6 Å². The van der Waals surface area contributed by atoms with Crippen LogP contribution >= 0.6 is 0 Å². The molecule has 1 rings (SSSR count). The van der Waals surface area contributed by atoms with Crippen LogP contribution in [-0.4, -0.2) is 20.7 Å². The van der Waals surface area contributed by atoms with E-state index in [9.17, 15) is 17.2 Å². The van der Waals surface area contributed by atoms with Crippen molar-refractivity contribution in [2.45, 2.75) is 6.92 Å². The van der Waals surface area contributed by atoms with Gasteiger partial charge in [0.25, 0.3) is 0 Å². The lowest BCUT2D eigenvalue weighted by atomic mass is 10.2. The van der Waals surface area contributed by atoms with E-state index in [0.29, 0.717) is 0 Å². The number of aryl methyl sites for hydroxylation is 1. The van der Waals surface area contributed by atoms with Crippen LogP contribution in [0.3, 0.4) is 0 Å². The van der Waals surface area contributed by atoms with E-state index in [-0.39, 0.29) is 17.9 Å². The molecular weight excluding hydrogens is 238 g/mol. The van der Waals surface area contributed by atoms with Gasteiger partial charge >= 0.3 is 0 Å². The third-order valence-electron chi connectivity index (χ3n) is 1.90. The van der Waals surface area contributed by atoms with Crippen LogP contribution in [0.25, 0.3) is 0 Å². The van der Waals surface area contributed by atoms with Crippen molar-refractivity contribution in [2.24, 2.45) is 5.73 Å². The third-order valence-corrected chi connectivity index (χ3v) is 3.20. The van der Waals surface area contributed by atoms with Gasteiger partial charge in [0.05, 0.1) is 11.4 Å². The monoisotopic (exact) mass is 250 g/mol. The second-order valence-corrected chi connectivity index (χ2v) is 5.13. The number of rotatable bonds is 4. The summed E-state index contributed by atoms with van der Waals surface area (Å²) in [4.78, 5) is 0. The third kappa shape index (κ3) is 3.14. The zero-order chi connectivity index (χ0) is 12.3. The van der Waals surface area contributed by atoms with Crippen LogP contribution in [0.15, 0.2) is 12.1 Å². The maximum absolute atomic E-state index is 13.3. The number of benzene rings is 1. The molecule has 90 valence electrons. The Morgan fingerprint density at radius 3 is 2.50 bits per heavy atom. The Bertz CT molecular complexity index is 489. The van der Waals surface area contributed by atoms with Gasteiger partial charge in [-0.15, -0.1) is 0 Å². The molecule has 0 aliphatic carbocycles. The van der Waals surface area contributed by atoms with Crippen molar-refractivity contribution in [2.75, 3.05) is 17.0 Å². The van der Waals surface area contributed by atoms with Gasteiger partial charge in [-0.25, -0.2) is 17.2 Å². The summed E-state index contributed by atoms with van der Waals surface area (Å²) in [5, 5.41) is 0. The van der Waals surface area contributed by atoms with Gasteiger partial charge < -0.3 is 5.73 Å². The van der Waals surface area contributed by atoms with Gasteiger partial charge in [0.15, 0.2) is 0 Å². The largest absolute Gasteiger partial charge is 0.329 e. The van der Waals surface area contributed by atoms with Crippen molar-refractivity contribution >= 4 is 15.7 Å². The van der Waals surface area contributed by atoms with Gasteiger partial charge in [-0.1, -0.05) is 0 Å². The first kappa shape index (κ1) is 12.9. The molecule has 0 spiro atoms. The van der Waals surface area contributed by atoms with E-state index in [0.717, 1.165) is 12.1 Å². The highest BCUT2D eigenvalue weighted by Gasteiger charge is 2.14. The highest BCUT2D eigenvalue weighted by molar-refractivity contribution is 7.92. The molecule has 0 amide bonds. The summed E-state index contributed by atoms with van der Waals surface area (Å²) in [7, 11) is -3.72. The quantitative estimate of drug-likeness (QED) is 0.836. The summed E-state index contributed by atoms with van der Waals surface area (Å²) < 4.78 is 50.8. The first-order chi connectivity index (χ1) is 7.35. The molecule has 0 aliphatic heterocycles. The minimum Gasteiger partial charge on any atom is -0.329 e. The fourth-order valence-corrected chi connectivity index (χ4v) is 2.00. The van der Waals surface area contributed by atoms with E-state index in [1.54, 1.807) is 0 Å². The molecule has 0 radical (unpaired) electrons. The number of nitrogens with two attached hydrogens (primary N) is 1. The number of halogens is 2. The second kappa shape index (κ2) is 4.75. The van der Waals surface area contributed by atoms with E-state index in [2.05, 4.69) is 0 Å². The summed E-state index contributed by atoms with van der Waals surface area (Å²) in [6.45, 7) is 1.29. The fraction of sp³-hybridized carbons (Fsp3) is 0.333. The van der Waals surface area contributed by atoms with Crippen molar-refractivity contribution in [1.82, 2.24) is 0 Å². The number of anilines is 1. The maximum Gasteiger partial charge on any atom is 0.234 e. The molecule has 0 aliphatic rings. The van der Waals surface area contributed by atoms with Crippen molar-refractivity contribution < 1.29 is 17.2 Å². The Morgan fingerprint density at radius 1 is 1.31 bits per heavy atom. The van der Waals surface area contributed by atoms with E-state index in [1.807, 2.05) is 4.72 Å². The molecule has 1 aromatic carbocycles. The number of nitrogens with one attached hydrogen (secondary N) is 1. The van der Waals surface area contributed by atoms with Gasteiger partial charge in [-0.2, -0.15) is 0 Å². The molecule has 16 heavy (non-hydrogen) atoms. The lowest BCUT2D eigenvalue weighted by molar-refractivity contribution is 0.590. The number of hydrogen-bond donors (Lipinski definition) is 2. The normalized spacial score (nSPS) is 11.5. The Morgan fingerprint density at radius 2 is 1.94 bits per heavy atom. The summed E-state index contributed by atoms with van der Waals surface area (Å²) in [5.41, 5.74) is 4.78. The number of hydrogen-bond acceptors (Lipinski definition) is 3. The highest BCUT2D eigenvalue weighted by atomic mass is 32.2. The molecule has 7 heteroatoms. The summed E-state index contributed by atoms with van der Waals surface area (Å²) in [6, 6.07) is 1.73. The second-order valence-electron chi connectivity index (χ2n) is 3.29. The van der Waals surface area contributed by atoms with E-state index in [1.165, 1.54) is 6.92 Å². The van der Waals surface area contributed by atoms with Crippen LogP contribution in [-0.2, 0) is 10.0 Å². The summed E-state index contributed by atoms with van der Waals surface area (Å²) >= 11 is 0. The molecule has 1 aromatic rings. The predicted octanol–water partition coefficient (Wildman–Crippen LogP) is 0.974. The highest BCUT2D eigenvalue weighted by Crippen LogP contribution is 2.19. The molecule has 0 saturated carbocycles. The van der Waals surface area contributed by atoms with Gasteiger partial charge in [0, 0.05) is 12.6 Å². The molecule has 0 atom stereocenters. The van der Waals surface area contributed by atoms with E-state index in [4.69, 9.17) is 5.73 Å². The lowest BCUT2D eigenvalue weighted by Crippen LogP contribution is -2.23. The van der Waals surface area contributed by atoms with Crippen LogP contribution < -0.4 is 10.5 Å². The van der Waals surface area contributed by atoms with Gasteiger partial charge in [-0.3, -0.25) is 4.72 Å². The van der Waals surface area contributed by atoms with Crippen molar-refractivity contribution in [1.29, 1.82) is 0 Å². The van der Waals surface area contributed by atoms with Crippen molar-refractivity contribution in [3.8, 4) is 0 Å². The average molecular weight is 250 g/mol. The Labute approximate surface area is 92.5 Å². The van der Waals surface area contributed by atoms with Crippen LogP contribution in [0.1, 0.15) is 5.56 Å². The molecule has 0 bridgehead atoms. The van der Waals surface area contributed by atoms with Gasteiger partial charge in [0.2, 0.25) is 10.0 Å². The lowest BCUT2D eigenvalue weighted by Gasteiger charge is -2.09. The van der Waals surface area contributed by atoms with Crippen LogP contribution in [0.4, 0.5) is 14.5 Å². The van der Waals surface area contributed by atoms with Crippen LogP contribution in [0.2, 0.25) is 0 Å². The summed E-state index contributed by atoms with van der Waals surface area (Å²) in [5.74, 6) is -1.84. The average Bonchev–Trinajstić information content (AvgIpc) is 2.13. The molecular formula is C9H12F2N2O2S. The molecule has 0 heterocycles. The predicted molar refractivity (Wildman–Crippen MR) is 57.6 cm³/mol. The maximum atomic E-state index is 13.3. The molecule has 0 fully saturated rings. The topological polar surface area (TPSA) is 72.2 Å². The van der Waals surface area contributed by atoms with E-state index < -0.39 is 27.3 Å². The van der Waals surface area contributed by atoms with Gasteiger partial charge in [0.1, 0.15) is 11.6 Å². The first-order valence-corrected chi connectivity index (χ1v) is 6.17. The Balaban J connectivity index is 3.03. The van der Waals surface area contributed by atoms with Crippen LogP contribution in [0.5, 0.6) is 0 Å². The Kier molecular flexibility index (Phi) is 3.82. The van der Waals surface area contributed by atoms with Crippen LogP contribution in [0, 0.1) is 18.6 Å². The molecule has 3 N–H and O–H groups in total. The number of sulfonamides is 1. The van der Waals surface area contributed by atoms with E-state index >= 15 is 0 Å². The first-order valence-electron chi connectivity index (χ1n) is 4.52. The molecule has 0 aromatic heterocycles. The minimum absolute atomic E-state index is 0.0920. The SMILES string of the molecule is Cc1cc(F)c(NS(=O)(=O)CCN)cc1F. The van der Waals surface area contributed by atoms with Crippen molar-refractivity contribution in [3.63, 3.8) is 0 Å². The zero-order valence-electron chi connectivity index (χ0n) is 8.63. The molecule has 0 saturated heterocycles. The molecule has 0 unspecified atom stereocenters. The smallest absolute Gasteiger partial charge is 0.234 e. The Hall–Kier alpha value is -1.21. The minimum atomic E-state index is -3.72. The fourth-order valence-electron chi connectivity index (χ4n) is 1.10. The zero-order valence-corrected chi connectivity index (χ0v) is 9.44. The summed E-state index contributed by atoms with van der Waals surface area (Å²) in [6.07, 6.45) is 0. The standard InChI is InChI=1S/C9H12F2N2O2S/c1-6-4-8(11)9(5-7(6)10)13-16(14,15)3-2-12/h4-5,13H,2-3,12H2,1H3. The molecule has 4 nitrogen and oxygen atoms in total.